The van der Waals surface area contributed by atoms with Crippen molar-refractivity contribution in [3.8, 4) is 11.1 Å². The number of aryl methyl sites for hydroxylation is 1. The quantitative estimate of drug-likeness (QED) is 0.443. The minimum atomic E-state index is -3.91. The van der Waals surface area contributed by atoms with Crippen molar-refractivity contribution in [2.45, 2.75) is 56.3 Å². The molecule has 10 heteroatoms. The summed E-state index contributed by atoms with van der Waals surface area (Å²) in [5.74, 6) is 0.199. The number of rotatable bonds is 6. The molecule has 1 aromatic carbocycles. The fourth-order valence-corrected chi connectivity index (χ4v) is 5.29. The average Bonchev–Trinajstić information content (AvgIpc) is 3.56. The van der Waals surface area contributed by atoms with E-state index in [0.717, 1.165) is 36.1 Å². The molecule has 1 aliphatic carbocycles. The fourth-order valence-electron chi connectivity index (χ4n) is 4.28. The zero-order chi connectivity index (χ0) is 23.2. The lowest BCUT2D eigenvalue weighted by Crippen LogP contribution is -2.08. The number of nitrogens with zero attached hydrogens (tertiary/aromatic N) is 5. The highest BCUT2D eigenvalue weighted by atomic mass is 32.2. The monoisotopic (exact) mass is 463 g/mol. The molecule has 3 aromatic heterocycles. The maximum absolute atomic E-state index is 13.0. The minimum Gasteiger partial charge on any atom is -0.322 e. The summed E-state index contributed by atoms with van der Waals surface area (Å²) in [5, 5.41) is 13.9. The second-order valence-corrected chi connectivity index (χ2v) is 10.3. The van der Waals surface area contributed by atoms with E-state index in [9.17, 15) is 8.42 Å². The van der Waals surface area contributed by atoms with Crippen molar-refractivity contribution in [2.75, 3.05) is 5.32 Å². The van der Waals surface area contributed by atoms with Gasteiger partial charge < -0.3 is 5.32 Å². The molecule has 0 fully saturated rings. The predicted octanol–water partition coefficient (Wildman–Crippen LogP) is 4.02. The van der Waals surface area contributed by atoms with E-state index in [2.05, 4.69) is 43.6 Å². The number of aromatic nitrogens is 6. The Kier molecular flexibility index (Phi) is 5.24. The highest BCUT2D eigenvalue weighted by Gasteiger charge is 2.27. The normalized spacial score (nSPS) is 13.5. The first kappa shape index (κ1) is 21.3. The molecule has 9 nitrogen and oxygen atoms in total. The van der Waals surface area contributed by atoms with Crippen LogP contribution in [-0.2, 0) is 22.7 Å². The lowest BCUT2D eigenvalue weighted by Gasteiger charge is -2.17. The summed E-state index contributed by atoms with van der Waals surface area (Å²) in [6.07, 6.45) is 8.21. The minimum absolute atomic E-state index is 0.0520. The molecule has 0 bridgehead atoms. The topological polar surface area (TPSA) is 118 Å². The van der Waals surface area contributed by atoms with Crippen molar-refractivity contribution in [2.24, 2.45) is 0 Å². The van der Waals surface area contributed by atoms with E-state index in [0.29, 0.717) is 0 Å². The van der Waals surface area contributed by atoms with Crippen LogP contribution in [0.2, 0.25) is 0 Å². The molecule has 4 aromatic rings. The van der Waals surface area contributed by atoms with Crippen LogP contribution in [0.15, 0.2) is 53.0 Å². The summed E-state index contributed by atoms with van der Waals surface area (Å²) >= 11 is 0. The molecule has 170 valence electrons. The zero-order valence-corrected chi connectivity index (χ0v) is 19.5. The van der Waals surface area contributed by atoms with Crippen LogP contribution >= 0.6 is 0 Å². The molecular weight excluding hydrogens is 438 g/mol. The third-order valence-electron chi connectivity index (χ3n) is 5.96. The van der Waals surface area contributed by atoms with E-state index in [1.165, 1.54) is 22.8 Å². The van der Waals surface area contributed by atoms with Gasteiger partial charge in [0.05, 0.1) is 5.69 Å². The van der Waals surface area contributed by atoms with Crippen LogP contribution in [0.3, 0.4) is 0 Å². The molecule has 2 N–H and O–H groups in total. The SMILES string of the molecule is Cc1cc(-c2ccncc2)c(Nc2n[nH]c(S(=O)(=O)c3ccn(C(C)C)n3)n2)c2c1CCC2. The van der Waals surface area contributed by atoms with Crippen LogP contribution in [0.1, 0.15) is 43.0 Å². The maximum atomic E-state index is 13.0. The largest absolute Gasteiger partial charge is 0.322 e. The Hall–Kier alpha value is -3.53. The van der Waals surface area contributed by atoms with Crippen molar-refractivity contribution in [1.82, 2.24) is 29.9 Å². The Bertz CT molecular complexity index is 1420. The van der Waals surface area contributed by atoms with E-state index < -0.39 is 9.84 Å². The van der Waals surface area contributed by atoms with Gasteiger partial charge >= 0.3 is 0 Å². The second-order valence-electron chi connectivity index (χ2n) is 8.48. The van der Waals surface area contributed by atoms with E-state index in [4.69, 9.17) is 0 Å². The van der Waals surface area contributed by atoms with Crippen molar-refractivity contribution in [3.63, 3.8) is 0 Å². The van der Waals surface area contributed by atoms with E-state index >= 15 is 0 Å². The van der Waals surface area contributed by atoms with Gasteiger partial charge in [-0.25, -0.2) is 13.5 Å². The number of nitrogens with one attached hydrogen (secondary N) is 2. The first-order chi connectivity index (χ1) is 15.8. The van der Waals surface area contributed by atoms with Crippen LogP contribution in [0.5, 0.6) is 0 Å². The fraction of sp³-hybridized carbons (Fsp3) is 0.304. The lowest BCUT2D eigenvalue weighted by atomic mass is 9.94. The molecule has 3 heterocycles. The van der Waals surface area contributed by atoms with Crippen molar-refractivity contribution >= 4 is 21.5 Å². The number of hydrogen-bond acceptors (Lipinski definition) is 7. The molecule has 0 radical (unpaired) electrons. The Morgan fingerprint density at radius 1 is 1.12 bits per heavy atom. The molecule has 0 amide bonds. The van der Waals surface area contributed by atoms with Gasteiger partial charge in [0.15, 0.2) is 5.03 Å². The summed E-state index contributed by atoms with van der Waals surface area (Å²) < 4.78 is 27.6. The number of pyridine rings is 1. The third kappa shape index (κ3) is 3.80. The maximum Gasteiger partial charge on any atom is 0.260 e. The van der Waals surface area contributed by atoms with Gasteiger partial charge in [-0.1, -0.05) is 0 Å². The number of H-pyrrole nitrogens is 1. The molecular formula is C23H25N7O2S. The van der Waals surface area contributed by atoms with Crippen LogP contribution in [-0.4, -0.2) is 38.4 Å². The smallest absolute Gasteiger partial charge is 0.260 e. The molecule has 5 rings (SSSR count). The Balaban J connectivity index is 1.53. The zero-order valence-electron chi connectivity index (χ0n) is 18.7. The summed E-state index contributed by atoms with van der Waals surface area (Å²) in [7, 11) is -3.91. The third-order valence-corrected chi connectivity index (χ3v) is 7.42. The van der Waals surface area contributed by atoms with Gasteiger partial charge in [0.2, 0.25) is 5.95 Å². The molecule has 0 unspecified atom stereocenters. The van der Waals surface area contributed by atoms with E-state index in [-0.39, 0.29) is 22.2 Å². The molecule has 0 saturated carbocycles. The Morgan fingerprint density at radius 2 is 1.88 bits per heavy atom. The van der Waals surface area contributed by atoms with E-state index in [1.807, 2.05) is 26.0 Å². The number of hydrogen-bond donors (Lipinski definition) is 2. The number of anilines is 2. The van der Waals surface area contributed by atoms with Crippen LogP contribution < -0.4 is 5.32 Å². The standard InChI is InChI=1S/C23H25N7O2S/c1-14(2)30-12-9-20(29-30)33(31,32)23-26-22(27-28-23)25-21-18-6-4-5-17(18)15(3)13-19(21)16-7-10-24-11-8-16/h7-14H,4-6H2,1-3H3,(H2,25,26,27,28). The second kappa shape index (κ2) is 8.11. The van der Waals surface area contributed by atoms with Gasteiger partial charge in [0.25, 0.3) is 15.0 Å². The van der Waals surface area contributed by atoms with Crippen molar-refractivity contribution in [3.05, 3.63) is 59.5 Å². The van der Waals surface area contributed by atoms with Gasteiger partial charge in [0, 0.05) is 30.2 Å². The summed E-state index contributed by atoms with van der Waals surface area (Å²) in [4.78, 5) is 8.39. The summed E-state index contributed by atoms with van der Waals surface area (Å²) in [5.41, 5.74) is 6.75. The molecule has 0 spiro atoms. The van der Waals surface area contributed by atoms with E-state index in [1.54, 1.807) is 23.3 Å². The van der Waals surface area contributed by atoms with Crippen LogP contribution in [0, 0.1) is 6.92 Å². The van der Waals surface area contributed by atoms with Crippen molar-refractivity contribution < 1.29 is 8.42 Å². The number of aromatic amines is 1. The first-order valence-electron chi connectivity index (χ1n) is 10.9. The predicted molar refractivity (Wildman–Crippen MR) is 124 cm³/mol. The molecule has 0 aliphatic heterocycles. The average molecular weight is 464 g/mol. The lowest BCUT2D eigenvalue weighted by molar-refractivity contribution is 0.515. The number of sulfone groups is 1. The van der Waals surface area contributed by atoms with Crippen molar-refractivity contribution in [1.29, 1.82) is 0 Å². The van der Waals surface area contributed by atoms with Gasteiger partial charge in [-0.15, -0.1) is 5.10 Å². The number of benzene rings is 1. The van der Waals surface area contributed by atoms with Gasteiger partial charge in [0.1, 0.15) is 0 Å². The first-order valence-corrected chi connectivity index (χ1v) is 12.4. The highest BCUT2D eigenvalue weighted by Crippen LogP contribution is 2.40. The molecule has 1 aliphatic rings. The Morgan fingerprint density at radius 3 is 2.61 bits per heavy atom. The number of fused-ring (bicyclic) bond motifs is 1. The summed E-state index contributed by atoms with van der Waals surface area (Å²) in [6.45, 7) is 5.99. The van der Waals surface area contributed by atoms with Crippen LogP contribution in [0.25, 0.3) is 11.1 Å². The summed E-state index contributed by atoms with van der Waals surface area (Å²) in [6, 6.07) is 7.60. The Labute approximate surface area is 192 Å². The molecule has 33 heavy (non-hydrogen) atoms. The van der Waals surface area contributed by atoms with Gasteiger partial charge in [-0.2, -0.15) is 10.1 Å². The molecule has 0 atom stereocenters. The van der Waals surface area contributed by atoms with Gasteiger partial charge in [-0.05, 0) is 86.6 Å². The van der Waals surface area contributed by atoms with Crippen LogP contribution in [0.4, 0.5) is 11.6 Å². The van der Waals surface area contributed by atoms with Gasteiger partial charge in [-0.3, -0.25) is 9.67 Å². The molecule has 0 saturated heterocycles. The highest BCUT2D eigenvalue weighted by molar-refractivity contribution is 7.91.